The molecular weight excluding hydrogens is 470 g/mol. The lowest BCUT2D eigenvalue weighted by atomic mass is 10.0. The minimum atomic E-state index is -0.598. The zero-order valence-corrected chi connectivity index (χ0v) is 21.5. The fourth-order valence-corrected chi connectivity index (χ4v) is 4.89. The van der Waals surface area contributed by atoms with Gasteiger partial charge in [0.15, 0.2) is 0 Å². The number of rotatable bonds is 10. The zero-order chi connectivity index (χ0) is 26.5. The number of unbranched alkanes of at least 4 members (excludes halogenated alkanes) is 3. The maximum Gasteiger partial charge on any atom is 0.340 e. The van der Waals surface area contributed by atoms with Gasteiger partial charge in [-0.2, -0.15) is 0 Å². The van der Waals surface area contributed by atoms with Gasteiger partial charge in [0.2, 0.25) is 0 Å². The van der Waals surface area contributed by atoms with Crippen LogP contribution >= 0.6 is 0 Å². The SMILES string of the molecule is CCCCCCc1c2ccc(CC(=O)OC)ccc-2c(C(=O)OCC)c1N1C(=O)c2ccccc2C1=O. The maximum absolute atomic E-state index is 13.5. The topological polar surface area (TPSA) is 90.0 Å². The van der Waals surface area contributed by atoms with Gasteiger partial charge < -0.3 is 9.47 Å². The monoisotopic (exact) mass is 501 g/mol. The van der Waals surface area contributed by atoms with Crippen molar-refractivity contribution in [1.29, 1.82) is 0 Å². The van der Waals surface area contributed by atoms with Crippen LogP contribution in [0.25, 0.3) is 11.1 Å². The molecule has 1 aliphatic heterocycles. The Balaban J connectivity index is 1.94. The fourth-order valence-electron chi connectivity index (χ4n) is 4.89. The van der Waals surface area contributed by atoms with Crippen molar-refractivity contribution < 1.29 is 28.7 Å². The molecule has 0 radical (unpaired) electrons. The van der Waals surface area contributed by atoms with E-state index < -0.39 is 17.8 Å². The maximum atomic E-state index is 13.5. The summed E-state index contributed by atoms with van der Waals surface area (Å²) < 4.78 is 10.2. The molecule has 0 N–H and O–H groups in total. The number of benzene rings is 1. The average Bonchev–Trinajstić information content (AvgIpc) is 3.23. The van der Waals surface area contributed by atoms with E-state index in [-0.39, 0.29) is 24.6 Å². The second-order valence-electron chi connectivity index (χ2n) is 9.05. The van der Waals surface area contributed by atoms with Crippen molar-refractivity contribution >= 4 is 29.4 Å². The Morgan fingerprint density at radius 3 is 2.05 bits per heavy atom. The Bertz CT molecular complexity index is 1290. The molecule has 0 fully saturated rings. The lowest BCUT2D eigenvalue weighted by Gasteiger charge is -2.18. The number of imide groups is 1. The van der Waals surface area contributed by atoms with Crippen LogP contribution in [0, 0.1) is 0 Å². The first-order valence-electron chi connectivity index (χ1n) is 12.7. The smallest absolute Gasteiger partial charge is 0.340 e. The zero-order valence-electron chi connectivity index (χ0n) is 21.5. The Morgan fingerprint density at radius 2 is 1.46 bits per heavy atom. The highest BCUT2D eigenvalue weighted by Gasteiger charge is 2.42. The molecule has 0 atom stereocenters. The van der Waals surface area contributed by atoms with Gasteiger partial charge in [-0.3, -0.25) is 14.4 Å². The van der Waals surface area contributed by atoms with E-state index in [4.69, 9.17) is 9.47 Å². The number of hydrogen-bond donors (Lipinski definition) is 0. The van der Waals surface area contributed by atoms with Gasteiger partial charge in [-0.15, -0.1) is 0 Å². The number of carbonyl (C=O) groups is 4. The molecule has 0 aromatic heterocycles. The first-order valence-corrected chi connectivity index (χ1v) is 12.7. The number of fused-ring (bicyclic) bond motifs is 2. The van der Waals surface area contributed by atoms with E-state index >= 15 is 0 Å². The van der Waals surface area contributed by atoms with Crippen molar-refractivity contribution in [2.24, 2.45) is 0 Å². The minimum Gasteiger partial charge on any atom is -0.469 e. The van der Waals surface area contributed by atoms with Crippen molar-refractivity contribution in [3.63, 3.8) is 0 Å². The number of carbonyl (C=O) groups excluding carboxylic acids is 4. The molecule has 7 heteroatoms. The van der Waals surface area contributed by atoms with Crippen molar-refractivity contribution in [3.8, 4) is 11.1 Å². The van der Waals surface area contributed by atoms with Crippen LogP contribution in [0.1, 0.15) is 81.7 Å². The summed E-state index contributed by atoms with van der Waals surface area (Å²) in [6, 6.07) is 13.9. The van der Waals surface area contributed by atoms with Gasteiger partial charge in [0.05, 0.1) is 42.5 Å². The molecule has 0 bridgehead atoms. The van der Waals surface area contributed by atoms with Crippen molar-refractivity contribution in [1.82, 2.24) is 0 Å². The minimum absolute atomic E-state index is 0.0829. The van der Waals surface area contributed by atoms with E-state index in [2.05, 4.69) is 6.92 Å². The van der Waals surface area contributed by atoms with Gasteiger partial charge in [0.25, 0.3) is 11.8 Å². The van der Waals surface area contributed by atoms with Crippen LogP contribution in [0.3, 0.4) is 0 Å². The van der Waals surface area contributed by atoms with Crippen molar-refractivity contribution in [2.45, 2.75) is 52.4 Å². The third kappa shape index (κ3) is 4.99. The van der Waals surface area contributed by atoms with Crippen LogP contribution in [0.4, 0.5) is 5.69 Å². The van der Waals surface area contributed by atoms with E-state index in [1.54, 1.807) is 43.3 Å². The van der Waals surface area contributed by atoms with Gasteiger partial charge in [-0.1, -0.05) is 62.6 Å². The Labute approximate surface area is 216 Å². The molecule has 192 valence electrons. The second-order valence-corrected chi connectivity index (χ2v) is 9.05. The number of esters is 2. The number of methoxy groups -OCH3 is 1. The molecule has 0 spiro atoms. The van der Waals surface area contributed by atoms with E-state index in [9.17, 15) is 19.2 Å². The van der Waals surface area contributed by atoms with E-state index in [0.29, 0.717) is 28.8 Å². The van der Waals surface area contributed by atoms with E-state index in [1.165, 1.54) is 7.11 Å². The summed E-state index contributed by atoms with van der Waals surface area (Å²) in [6.07, 6.45) is 4.59. The van der Waals surface area contributed by atoms with Crippen molar-refractivity contribution in [3.05, 3.63) is 76.3 Å². The number of hydrogen-bond acceptors (Lipinski definition) is 6. The molecule has 0 saturated heterocycles. The fraction of sp³-hybridized carbons (Fsp3) is 0.333. The number of nitrogens with zero attached hydrogens (tertiary/aromatic N) is 1. The van der Waals surface area contributed by atoms with Crippen LogP contribution < -0.4 is 4.90 Å². The molecule has 0 saturated carbocycles. The molecule has 2 amide bonds. The van der Waals surface area contributed by atoms with Crippen molar-refractivity contribution in [2.75, 3.05) is 18.6 Å². The van der Waals surface area contributed by atoms with E-state index in [1.807, 2.05) is 12.1 Å². The predicted molar refractivity (Wildman–Crippen MR) is 140 cm³/mol. The Morgan fingerprint density at radius 1 is 0.811 bits per heavy atom. The number of anilines is 1. The average molecular weight is 502 g/mol. The molecule has 37 heavy (non-hydrogen) atoms. The van der Waals surface area contributed by atoms with Gasteiger partial charge in [-0.25, -0.2) is 9.69 Å². The lowest BCUT2D eigenvalue weighted by molar-refractivity contribution is -0.139. The largest absolute Gasteiger partial charge is 0.469 e. The quantitative estimate of drug-likeness (QED) is 0.204. The van der Waals surface area contributed by atoms with Crippen LogP contribution in [0.2, 0.25) is 0 Å². The standard InChI is InChI=1S/C30H31NO6/c1-4-6-7-8-11-22-20-16-14-19(18-25(32)36-3)15-17-21(20)26(30(35)37-5-2)27(22)31-28(33)23-12-9-10-13-24(23)29(31)34/h9-10,12-17H,4-8,11,18H2,1-3H3. The third-order valence-electron chi connectivity index (χ3n) is 6.69. The van der Waals surface area contributed by atoms with Crippen LogP contribution in [0.15, 0.2) is 48.5 Å². The van der Waals surface area contributed by atoms with E-state index in [0.717, 1.165) is 47.3 Å². The number of ether oxygens (including phenoxy) is 2. The molecule has 0 unspecified atom stereocenters. The first-order chi connectivity index (χ1) is 17.9. The van der Waals surface area contributed by atoms with Crippen LogP contribution in [-0.4, -0.2) is 37.5 Å². The van der Waals surface area contributed by atoms with Gasteiger partial charge in [0, 0.05) is 0 Å². The van der Waals surface area contributed by atoms with Gasteiger partial charge >= 0.3 is 11.9 Å². The Kier molecular flexibility index (Phi) is 8.01. The molecule has 4 rings (SSSR count). The highest BCUT2D eigenvalue weighted by atomic mass is 16.5. The van der Waals surface area contributed by atoms with Crippen LogP contribution in [0.5, 0.6) is 0 Å². The predicted octanol–water partition coefficient (Wildman–Crippen LogP) is 5.61. The normalized spacial score (nSPS) is 12.7. The number of amides is 2. The van der Waals surface area contributed by atoms with Gasteiger partial charge in [0.1, 0.15) is 0 Å². The summed E-state index contributed by atoms with van der Waals surface area (Å²) in [5, 5.41) is 0. The molecule has 1 aromatic rings. The molecule has 1 aromatic carbocycles. The first kappa shape index (κ1) is 26.1. The highest BCUT2D eigenvalue weighted by molar-refractivity contribution is 6.36. The lowest BCUT2D eigenvalue weighted by Crippen LogP contribution is -2.31. The Hall–Kier alpha value is -4.00. The molecule has 1 heterocycles. The summed E-state index contributed by atoms with van der Waals surface area (Å²) in [6.45, 7) is 3.99. The second kappa shape index (κ2) is 11.4. The highest BCUT2D eigenvalue weighted by Crippen LogP contribution is 2.46. The molecule has 2 aliphatic carbocycles. The summed E-state index contributed by atoms with van der Waals surface area (Å²) >= 11 is 0. The third-order valence-corrected chi connectivity index (χ3v) is 6.69. The molecule has 3 aliphatic rings. The summed E-state index contributed by atoms with van der Waals surface area (Å²) in [5.41, 5.74) is 3.93. The summed E-state index contributed by atoms with van der Waals surface area (Å²) in [4.78, 5) is 53.4. The summed E-state index contributed by atoms with van der Waals surface area (Å²) in [5.74, 6) is -1.87. The molecule has 7 nitrogen and oxygen atoms in total. The van der Waals surface area contributed by atoms with Crippen LogP contribution in [-0.2, 0) is 27.1 Å². The summed E-state index contributed by atoms with van der Waals surface area (Å²) in [7, 11) is 1.34. The van der Waals surface area contributed by atoms with Gasteiger partial charge in [-0.05, 0) is 54.2 Å². The molecular formula is C30H31NO6.